The van der Waals surface area contributed by atoms with Crippen LogP contribution in [0.1, 0.15) is 50.7 Å². The normalized spacial score (nSPS) is 12.6. The van der Waals surface area contributed by atoms with E-state index in [1.807, 2.05) is 7.05 Å². The lowest BCUT2D eigenvalue weighted by Gasteiger charge is -2.18. The minimum absolute atomic E-state index is 0.103. The van der Waals surface area contributed by atoms with Gasteiger partial charge in [-0.3, -0.25) is 5.10 Å². The Morgan fingerprint density at radius 2 is 1.83 bits per heavy atom. The highest BCUT2D eigenvalue weighted by molar-refractivity contribution is 5.66. The number of aromatic nitrogens is 2. The van der Waals surface area contributed by atoms with Crippen LogP contribution in [0.25, 0.3) is 11.3 Å². The Morgan fingerprint density at radius 1 is 1.10 bits per heavy atom. The molecule has 1 heterocycles. The molecule has 0 bridgehead atoms. The Labute approximate surface area is 173 Å². The molecule has 0 atom stereocenters. The molecule has 0 radical (unpaired) electrons. The van der Waals surface area contributed by atoms with Crippen LogP contribution in [-0.4, -0.2) is 41.5 Å². The monoisotopic (exact) mass is 433 g/mol. The van der Waals surface area contributed by atoms with Crippen LogP contribution in [0.4, 0.5) is 22.0 Å². The fourth-order valence-electron chi connectivity index (χ4n) is 3.02. The van der Waals surface area contributed by atoms with E-state index >= 15 is 0 Å². The van der Waals surface area contributed by atoms with Crippen LogP contribution < -0.4 is 4.74 Å². The topological polar surface area (TPSA) is 41.2 Å². The van der Waals surface area contributed by atoms with Gasteiger partial charge in [-0.25, -0.2) is 8.78 Å². The molecule has 2 aromatic rings. The lowest BCUT2D eigenvalue weighted by molar-refractivity contribution is -0.136. The third kappa shape index (κ3) is 7.59. The first kappa shape index (κ1) is 24.1. The van der Waals surface area contributed by atoms with Crippen molar-refractivity contribution >= 4 is 0 Å². The number of H-pyrrole nitrogens is 1. The lowest BCUT2D eigenvalue weighted by atomic mass is 10.0. The number of halogens is 5. The number of benzene rings is 1. The van der Waals surface area contributed by atoms with Crippen LogP contribution in [0.5, 0.6) is 5.75 Å². The molecule has 168 valence electrons. The molecular weight excluding hydrogens is 405 g/mol. The van der Waals surface area contributed by atoms with E-state index in [0.717, 1.165) is 31.9 Å². The van der Waals surface area contributed by atoms with Crippen molar-refractivity contribution in [2.45, 2.75) is 58.2 Å². The number of rotatable bonds is 11. The molecule has 0 fully saturated rings. The van der Waals surface area contributed by atoms with E-state index in [9.17, 15) is 22.0 Å². The summed E-state index contributed by atoms with van der Waals surface area (Å²) in [5.41, 5.74) is 1.61. The first-order valence-electron chi connectivity index (χ1n) is 9.93. The van der Waals surface area contributed by atoms with Gasteiger partial charge in [-0.15, -0.1) is 0 Å². The highest BCUT2D eigenvalue weighted by Crippen LogP contribution is 2.35. The number of ether oxygens (including phenoxy) is 1. The number of alkyl halides is 5. The van der Waals surface area contributed by atoms with Gasteiger partial charge < -0.3 is 9.64 Å². The van der Waals surface area contributed by atoms with E-state index in [1.54, 1.807) is 12.3 Å². The zero-order valence-electron chi connectivity index (χ0n) is 17.5. The van der Waals surface area contributed by atoms with Gasteiger partial charge >= 0.3 is 6.18 Å². The maximum Gasteiger partial charge on any atom is 0.389 e. The van der Waals surface area contributed by atoms with Crippen molar-refractivity contribution < 1.29 is 26.7 Å². The molecule has 0 aliphatic rings. The van der Waals surface area contributed by atoms with Crippen LogP contribution >= 0.6 is 0 Å². The summed E-state index contributed by atoms with van der Waals surface area (Å²) in [6, 6.07) is 4.07. The van der Waals surface area contributed by atoms with Gasteiger partial charge in [0.25, 0.3) is 5.92 Å². The molecule has 4 nitrogen and oxygen atoms in total. The summed E-state index contributed by atoms with van der Waals surface area (Å²) >= 11 is 0. The van der Waals surface area contributed by atoms with E-state index in [-0.39, 0.29) is 24.3 Å². The second kappa shape index (κ2) is 10.2. The standard InChI is InChI=1S/C21H28F5N3O/c1-4-5-8-29(3)14-16-13-27-28-19(16)15-10-17(20(2,22)23)12-18(11-15)30-9-6-7-21(24,25)26/h10-13H,4-9,14H2,1-3H3,(H,27,28). The minimum Gasteiger partial charge on any atom is -0.494 e. The average Bonchev–Trinajstić information content (AvgIpc) is 3.10. The molecular formula is C21H28F5N3O. The molecule has 1 aromatic carbocycles. The van der Waals surface area contributed by atoms with E-state index in [2.05, 4.69) is 22.0 Å². The van der Waals surface area contributed by atoms with Crippen LogP contribution in [0, 0.1) is 0 Å². The number of unbranched alkanes of at least 4 members (excludes halogenated alkanes) is 1. The molecule has 1 aromatic heterocycles. The smallest absolute Gasteiger partial charge is 0.389 e. The second-order valence-electron chi connectivity index (χ2n) is 7.56. The van der Waals surface area contributed by atoms with Crippen molar-refractivity contribution in [2.24, 2.45) is 0 Å². The molecule has 0 amide bonds. The average molecular weight is 433 g/mol. The molecule has 0 unspecified atom stereocenters. The van der Waals surface area contributed by atoms with Crippen molar-refractivity contribution in [3.63, 3.8) is 0 Å². The summed E-state index contributed by atoms with van der Waals surface area (Å²) < 4.78 is 70.3. The van der Waals surface area contributed by atoms with E-state index in [0.29, 0.717) is 17.8 Å². The van der Waals surface area contributed by atoms with Crippen molar-refractivity contribution in [3.8, 4) is 17.0 Å². The highest BCUT2D eigenvalue weighted by atomic mass is 19.4. The lowest BCUT2D eigenvalue weighted by Crippen LogP contribution is -2.19. The van der Waals surface area contributed by atoms with Crippen LogP contribution in [0.15, 0.2) is 24.4 Å². The molecule has 1 N–H and O–H groups in total. The fourth-order valence-corrected chi connectivity index (χ4v) is 3.02. The molecule has 2 rings (SSSR count). The van der Waals surface area contributed by atoms with Crippen LogP contribution in [-0.2, 0) is 12.5 Å². The molecule has 0 saturated heterocycles. The van der Waals surface area contributed by atoms with Gasteiger partial charge in [-0.2, -0.15) is 18.3 Å². The van der Waals surface area contributed by atoms with Gasteiger partial charge in [0.2, 0.25) is 0 Å². The largest absolute Gasteiger partial charge is 0.494 e. The summed E-state index contributed by atoms with van der Waals surface area (Å²) in [5, 5.41) is 6.90. The number of hydrogen-bond donors (Lipinski definition) is 1. The predicted molar refractivity (Wildman–Crippen MR) is 106 cm³/mol. The molecule has 0 spiro atoms. The molecule has 0 aliphatic heterocycles. The molecule has 0 saturated carbocycles. The third-order valence-corrected chi connectivity index (χ3v) is 4.63. The van der Waals surface area contributed by atoms with Gasteiger partial charge in [0.15, 0.2) is 0 Å². The number of nitrogens with one attached hydrogen (secondary N) is 1. The van der Waals surface area contributed by atoms with Crippen molar-refractivity contribution in [2.75, 3.05) is 20.2 Å². The first-order chi connectivity index (χ1) is 14.0. The third-order valence-electron chi connectivity index (χ3n) is 4.63. The van der Waals surface area contributed by atoms with Gasteiger partial charge in [-0.1, -0.05) is 13.3 Å². The maximum absolute atomic E-state index is 14.0. The van der Waals surface area contributed by atoms with Gasteiger partial charge in [0.05, 0.1) is 18.5 Å². The van der Waals surface area contributed by atoms with Crippen molar-refractivity contribution in [1.29, 1.82) is 0 Å². The highest BCUT2D eigenvalue weighted by Gasteiger charge is 2.28. The summed E-state index contributed by atoms with van der Waals surface area (Å²) in [6.07, 6.45) is -1.76. The molecule has 30 heavy (non-hydrogen) atoms. The quantitative estimate of drug-likeness (QED) is 0.342. The molecule has 0 aliphatic carbocycles. The number of nitrogens with zero attached hydrogens (tertiary/aromatic N) is 2. The zero-order valence-corrected chi connectivity index (χ0v) is 17.5. The Kier molecular flexibility index (Phi) is 8.23. The Bertz CT molecular complexity index is 799. The summed E-state index contributed by atoms with van der Waals surface area (Å²) in [5.74, 6) is -3.02. The van der Waals surface area contributed by atoms with Gasteiger partial charge in [-0.05, 0) is 44.6 Å². The first-order valence-corrected chi connectivity index (χ1v) is 9.93. The second-order valence-corrected chi connectivity index (χ2v) is 7.56. The summed E-state index contributed by atoms with van der Waals surface area (Å²) in [4.78, 5) is 2.12. The predicted octanol–water partition coefficient (Wildman–Crippen LogP) is 6.14. The van der Waals surface area contributed by atoms with Crippen molar-refractivity contribution in [1.82, 2.24) is 15.1 Å². The SMILES string of the molecule is CCCCN(C)Cc1cn[nH]c1-c1cc(OCCCC(F)(F)F)cc(C(C)(F)F)c1. The Morgan fingerprint density at radius 3 is 2.47 bits per heavy atom. The number of aromatic amines is 1. The molecule has 9 heteroatoms. The zero-order chi connectivity index (χ0) is 22.4. The Hall–Kier alpha value is -2.16. The maximum atomic E-state index is 14.0. The van der Waals surface area contributed by atoms with Gasteiger partial charge in [0.1, 0.15) is 5.75 Å². The van der Waals surface area contributed by atoms with Gasteiger partial charge in [0, 0.05) is 36.6 Å². The van der Waals surface area contributed by atoms with Crippen LogP contribution in [0.2, 0.25) is 0 Å². The summed E-state index contributed by atoms with van der Waals surface area (Å²) in [6.45, 7) is 4.13. The van der Waals surface area contributed by atoms with Crippen LogP contribution in [0.3, 0.4) is 0 Å². The van der Waals surface area contributed by atoms with E-state index in [1.165, 1.54) is 12.1 Å². The minimum atomic E-state index is -4.28. The Balaban J connectivity index is 2.24. The van der Waals surface area contributed by atoms with E-state index < -0.39 is 18.5 Å². The fraction of sp³-hybridized carbons (Fsp3) is 0.571. The number of hydrogen-bond acceptors (Lipinski definition) is 3. The summed E-state index contributed by atoms with van der Waals surface area (Å²) in [7, 11) is 1.97. The van der Waals surface area contributed by atoms with E-state index in [4.69, 9.17) is 4.74 Å². The van der Waals surface area contributed by atoms with Crippen molar-refractivity contribution in [3.05, 3.63) is 35.5 Å².